The van der Waals surface area contributed by atoms with E-state index in [2.05, 4.69) is 26.1 Å². The molecule has 1 aliphatic heterocycles. The summed E-state index contributed by atoms with van der Waals surface area (Å²) in [6.45, 7) is 5.69. The Balaban J connectivity index is 1.76. The van der Waals surface area contributed by atoms with Crippen molar-refractivity contribution in [2.24, 2.45) is 0 Å². The van der Waals surface area contributed by atoms with Gasteiger partial charge in [-0.3, -0.25) is 0 Å². The zero-order chi connectivity index (χ0) is 22.4. The number of ether oxygens (including phenoxy) is 2. The molecule has 2 heterocycles. The van der Waals surface area contributed by atoms with Crippen LogP contribution in [-0.4, -0.2) is 63.9 Å². The molecule has 1 aliphatic rings. The number of rotatable bonds is 8. The van der Waals surface area contributed by atoms with Gasteiger partial charge in [0.05, 0.1) is 29.9 Å². The molecule has 1 aromatic carbocycles. The molecule has 2 N–H and O–H groups in total. The van der Waals surface area contributed by atoms with E-state index in [-0.39, 0.29) is 30.3 Å². The van der Waals surface area contributed by atoms with Crippen LogP contribution >= 0.6 is 0 Å². The molecule has 3 rings (SSSR count). The van der Waals surface area contributed by atoms with Crippen LogP contribution < -0.4 is 14.9 Å². The van der Waals surface area contributed by atoms with Crippen molar-refractivity contribution in [1.82, 2.24) is 14.7 Å². The molecule has 2 atom stereocenters. The van der Waals surface area contributed by atoms with Gasteiger partial charge in [-0.25, -0.2) is 18.1 Å². The van der Waals surface area contributed by atoms with E-state index in [1.165, 1.54) is 25.4 Å². The number of nitrogens with zero attached hydrogens (tertiary/aromatic N) is 4. The lowest BCUT2D eigenvalue weighted by molar-refractivity contribution is -0.00547. The molecule has 0 radical (unpaired) electrons. The number of sulfonamides is 1. The van der Waals surface area contributed by atoms with Crippen molar-refractivity contribution in [3.05, 3.63) is 36.0 Å². The number of hydrogen-bond acceptors (Lipinski definition) is 9. The molecule has 1 aromatic heterocycles. The third-order valence-corrected chi connectivity index (χ3v) is 6.10. The lowest BCUT2D eigenvalue weighted by atomic mass is 10.2. The van der Waals surface area contributed by atoms with Crippen molar-refractivity contribution in [3.8, 4) is 6.07 Å². The first-order valence-corrected chi connectivity index (χ1v) is 11.3. The summed E-state index contributed by atoms with van der Waals surface area (Å²) in [5, 5.41) is 12.5. The lowest BCUT2D eigenvalue weighted by Gasteiger charge is -2.36. The maximum atomic E-state index is 12.3. The van der Waals surface area contributed by atoms with Gasteiger partial charge in [-0.2, -0.15) is 10.2 Å². The van der Waals surface area contributed by atoms with Gasteiger partial charge < -0.3 is 19.7 Å². The number of morpholine rings is 1. The zero-order valence-corrected chi connectivity index (χ0v) is 18.5. The third-order valence-electron chi connectivity index (χ3n) is 4.63. The summed E-state index contributed by atoms with van der Waals surface area (Å²) in [5.74, 6) is 0.859. The fourth-order valence-corrected chi connectivity index (χ4v) is 4.32. The standard InChI is InChI=1S/C20H26N6O4S/c1-14-12-26(13-15(2)30-14)19-16(10-21)11-22-20(25-19)24-17-4-6-18(7-5-17)31(27,28)23-8-9-29-3/h4-7,11,14-15,23H,8-9,12-13H2,1-3H3,(H,22,24,25). The maximum Gasteiger partial charge on any atom is 0.240 e. The molecule has 0 amide bonds. The van der Waals surface area contributed by atoms with Crippen molar-refractivity contribution in [3.63, 3.8) is 0 Å². The Kier molecular flexibility index (Phi) is 7.40. The first-order valence-electron chi connectivity index (χ1n) is 9.85. The monoisotopic (exact) mass is 446 g/mol. The predicted molar refractivity (Wildman–Crippen MR) is 116 cm³/mol. The number of hydrogen-bond donors (Lipinski definition) is 2. The minimum absolute atomic E-state index is 0.0219. The highest BCUT2D eigenvalue weighted by molar-refractivity contribution is 7.89. The summed E-state index contributed by atoms with van der Waals surface area (Å²) in [7, 11) is -2.10. The van der Waals surface area contributed by atoms with Crippen molar-refractivity contribution in [1.29, 1.82) is 5.26 Å². The molecule has 0 aliphatic carbocycles. The van der Waals surface area contributed by atoms with Crippen LogP contribution in [0.4, 0.5) is 17.5 Å². The second-order valence-electron chi connectivity index (χ2n) is 7.24. The molecule has 1 fully saturated rings. The molecule has 31 heavy (non-hydrogen) atoms. The number of methoxy groups -OCH3 is 1. The normalized spacial score (nSPS) is 19.1. The lowest BCUT2D eigenvalue weighted by Crippen LogP contribution is -2.46. The third kappa shape index (κ3) is 5.89. The molecule has 2 aromatic rings. The second kappa shape index (κ2) is 10.0. The van der Waals surface area contributed by atoms with Crippen molar-refractivity contribution < 1.29 is 17.9 Å². The van der Waals surface area contributed by atoms with E-state index >= 15 is 0 Å². The van der Waals surface area contributed by atoms with E-state index in [0.29, 0.717) is 36.1 Å². The number of aromatic nitrogens is 2. The van der Waals surface area contributed by atoms with Crippen LogP contribution in [0.15, 0.2) is 35.4 Å². The van der Waals surface area contributed by atoms with Crippen molar-refractivity contribution in [2.75, 3.05) is 43.6 Å². The summed E-state index contributed by atoms with van der Waals surface area (Å²) in [6.07, 6.45) is 1.52. The minimum atomic E-state index is -3.61. The van der Waals surface area contributed by atoms with Crippen LogP contribution in [-0.2, 0) is 19.5 Å². The highest BCUT2D eigenvalue weighted by Crippen LogP contribution is 2.24. The maximum absolute atomic E-state index is 12.3. The molecule has 0 saturated carbocycles. The van der Waals surface area contributed by atoms with Crippen molar-refractivity contribution in [2.45, 2.75) is 31.0 Å². The number of nitrogens with one attached hydrogen (secondary N) is 2. The Labute approximate surface area is 182 Å². The van der Waals surface area contributed by atoms with Crippen LogP contribution in [0, 0.1) is 11.3 Å². The summed E-state index contributed by atoms with van der Waals surface area (Å²) < 4.78 is 37.6. The van der Waals surface area contributed by atoms with Gasteiger partial charge >= 0.3 is 0 Å². The largest absolute Gasteiger partial charge is 0.383 e. The van der Waals surface area contributed by atoms with Crippen LogP contribution in [0.3, 0.4) is 0 Å². The smallest absolute Gasteiger partial charge is 0.240 e. The van der Waals surface area contributed by atoms with Crippen LogP contribution in [0.1, 0.15) is 19.4 Å². The van der Waals surface area contributed by atoms with Gasteiger partial charge in [0, 0.05) is 32.4 Å². The fourth-order valence-electron chi connectivity index (χ4n) is 3.31. The molecule has 2 unspecified atom stereocenters. The second-order valence-corrected chi connectivity index (χ2v) is 9.01. The van der Waals surface area contributed by atoms with Crippen LogP contribution in [0.5, 0.6) is 0 Å². The topological polar surface area (TPSA) is 129 Å². The Bertz CT molecular complexity index is 1030. The SMILES string of the molecule is COCCNS(=O)(=O)c1ccc(Nc2ncc(C#N)c(N3CC(C)OC(C)C3)n2)cc1. The number of nitriles is 1. The quantitative estimate of drug-likeness (QED) is 0.581. The average Bonchev–Trinajstić information content (AvgIpc) is 2.73. The fraction of sp³-hybridized carbons (Fsp3) is 0.450. The molecule has 10 nitrogen and oxygen atoms in total. The van der Waals surface area contributed by atoms with Crippen molar-refractivity contribution >= 4 is 27.5 Å². The first kappa shape index (κ1) is 22.9. The van der Waals surface area contributed by atoms with E-state index in [1.807, 2.05) is 18.7 Å². The molecular weight excluding hydrogens is 420 g/mol. The zero-order valence-electron chi connectivity index (χ0n) is 17.7. The Hall–Kier alpha value is -2.78. The molecule has 0 bridgehead atoms. The van der Waals surface area contributed by atoms with E-state index in [0.717, 1.165) is 0 Å². The predicted octanol–water partition coefficient (Wildman–Crippen LogP) is 1.63. The number of benzene rings is 1. The molecular formula is C20H26N6O4S. The molecule has 11 heteroatoms. The van der Waals surface area contributed by atoms with Gasteiger partial charge in [-0.15, -0.1) is 0 Å². The highest BCUT2D eigenvalue weighted by Gasteiger charge is 2.25. The van der Waals surface area contributed by atoms with Gasteiger partial charge in [0.25, 0.3) is 0 Å². The number of anilines is 3. The van der Waals surface area contributed by atoms with Crippen LogP contribution in [0.25, 0.3) is 0 Å². The minimum Gasteiger partial charge on any atom is -0.383 e. The molecule has 166 valence electrons. The molecule has 1 saturated heterocycles. The summed E-state index contributed by atoms with van der Waals surface area (Å²) in [5.41, 5.74) is 1.01. The van der Waals surface area contributed by atoms with E-state index in [1.54, 1.807) is 12.1 Å². The van der Waals surface area contributed by atoms with E-state index in [4.69, 9.17) is 9.47 Å². The molecule has 0 spiro atoms. The van der Waals surface area contributed by atoms with Gasteiger partial charge in [-0.1, -0.05) is 0 Å². The van der Waals surface area contributed by atoms with Gasteiger partial charge in [-0.05, 0) is 38.1 Å². The first-order chi connectivity index (χ1) is 14.8. The van der Waals surface area contributed by atoms with Gasteiger partial charge in [0.15, 0.2) is 5.82 Å². The highest BCUT2D eigenvalue weighted by atomic mass is 32.2. The summed E-state index contributed by atoms with van der Waals surface area (Å²) in [4.78, 5) is 10.9. The van der Waals surface area contributed by atoms with Gasteiger partial charge in [0.1, 0.15) is 11.6 Å². The Morgan fingerprint density at radius 2 is 1.94 bits per heavy atom. The van der Waals surface area contributed by atoms with E-state index in [9.17, 15) is 13.7 Å². The summed E-state index contributed by atoms with van der Waals surface area (Å²) in [6, 6.07) is 8.39. The Morgan fingerprint density at radius 3 is 2.55 bits per heavy atom. The summed E-state index contributed by atoms with van der Waals surface area (Å²) >= 11 is 0. The van der Waals surface area contributed by atoms with Crippen LogP contribution in [0.2, 0.25) is 0 Å². The Morgan fingerprint density at radius 1 is 1.26 bits per heavy atom. The van der Waals surface area contributed by atoms with E-state index < -0.39 is 10.0 Å². The van der Waals surface area contributed by atoms with Gasteiger partial charge in [0.2, 0.25) is 16.0 Å². The average molecular weight is 447 g/mol.